The van der Waals surface area contributed by atoms with Gasteiger partial charge in [0.15, 0.2) is 5.82 Å². The third-order valence-corrected chi connectivity index (χ3v) is 7.14. The van der Waals surface area contributed by atoms with Crippen LogP contribution in [0.3, 0.4) is 0 Å². The zero-order valence-electron chi connectivity index (χ0n) is 19.5. The van der Waals surface area contributed by atoms with E-state index in [1.54, 1.807) is 7.11 Å². The minimum Gasteiger partial charge on any atom is -0.497 e. The van der Waals surface area contributed by atoms with Crippen LogP contribution in [0.25, 0.3) is 0 Å². The molecule has 1 aliphatic heterocycles. The van der Waals surface area contributed by atoms with Crippen LogP contribution in [-0.4, -0.2) is 63.3 Å². The summed E-state index contributed by atoms with van der Waals surface area (Å²) in [6, 6.07) is 19.6. The van der Waals surface area contributed by atoms with Crippen LogP contribution in [-0.2, 0) is 6.54 Å². The molecule has 7 nitrogen and oxygen atoms in total. The number of rotatable bonds is 7. The van der Waals surface area contributed by atoms with E-state index in [4.69, 9.17) is 4.74 Å². The molecule has 33 heavy (non-hydrogen) atoms. The van der Waals surface area contributed by atoms with Crippen molar-refractivity contribution in [3.8, 4) is 5.75 Å². The van der Waals surface area contributed by atoms with Crippen LogP contribution in [0.1, 0.15) is 61.1 Å². The molecule has 1 aromatic heterocycles. The van der Waals surface area contributed by atoms with Gasteiger partial charge in [0.2, 0.25) is 0 Å². The van der Waals surface area contributed by atoms with E-state index in [1.807, 2.05) is 12.1 Å². The molecule has 0 bridgehead atoms. The molecule has 1 unspecified atom stereocenters. The van der Waals surface area contributed by atoms with Crippen molar-refractivity contribution in [2.24, 2.45) is 0 Å². The quantitative estimate of drug-likeness (QED) is 0.545. The van der Waals surface area contributed by atoms with E-state index < -0.39 is 0 Å². The van der Waals surface area contributed by atoms with Crippen LogP contribution in [0, 0.1) is 0 Å². The van der Waals surface area contributed by atoms with Crippen molar-refractivity contribution in [2.75, 3.05) is 33.3 Å². The molecule has 2 fully saturated rings. The Morgan fingerprint density at radius 1 is 0.909 bits per heavy atom. The van der Waals surface area contributed by atoms with Gasteiger partial charge >= 0.3 is 0 Å². The highest BCUT2D eigenvalue weighted by Gasteiger charge is 2.32. The molecule has 0 amide bonds. The average Bonchev–Trinajstić information content (AvgIpc) is 3.36. The first-order chi connectivity index (χ1) is 16.3. The smallest absolute Gasteiger partial charge is 0.173 e. The maximum Gasteiger partial charge on any atom is 0.173 e. The standard InChI is InChI=1S/C26H34N6O/c1-33-24-14-12-22(13-15-24)25(26-27-28-29-32(26)23-10-6-3-7-11-23)31-18-16-30(17-19-31)20-21-8-4-2-5-9-21/h2,4-5,8-9,12-15,23,25H,3,6-7,10-11,16-20H2,1H3. The molecule has 0 radical (unpaired) electrons. The summed E-state index contributed by atoms with van der Waals surface area (Å²) < 4.78 is 7.54. The van der Waals surface area contributed by atoms with Crippen molar-refractivity contribution < 1.29 is 4.74 Å². The summed E-state index contributed by atoms with van der Waals surface area (Å²) in [5.41, 5.74) is 2.60. The first kappa shape index (κ1) is 22.0. The van der Waals surface area contributed by atoms with Crippen LogP contribution in [0.2, 0.25) is 0 Å². The Balaban J connectivity index is 1.38. The summed E-state index contributed by atoms with van der Waals surface area (Å²) in [5, 5.41) is 13.2. The van der Waals surface area contributed by atoms with Gasteiger partial charge in [0.1, 0.15) is 5.75 Å². The van der Waals surface area contributed by atoms with E-state index in [9.17, 15) is 0 Å². The predicted octanol–water partition coefficient (Wildman–Crippen LogP) is 4.09. The van der Waals surface area contributed by atoms with Crippen LogP contribution in [0.5, 0.6) is 5.75 Å². The second kappa shape index (κ2) is 10.4. The fraction of sp³-hybridized carbons (Fsp3) is 0.500. The normalized spacial score (nSPS) is 19.4. The summed E-state index contributed by atoms with van der Waals surface area (Å²) >= 11 is 0. The van der Waals surface area contributed by atoms with Crippen molar-refractivity contribution in [1.29, 1.82) is 0 Å². The summed E-state index contributed by atoms with van der Waals surface area (Å²) in [7, 11) is 1.71. The molecule has 1 saturated heterocycles. The van der Waals surface area contributed by atoms with Crippen molar-refractivity contribution in [3.05, 3.63) is 71.5 Å². The average molecular weight is 447 g/mol. The lowest BCUT2D eigenvalue weighted by atomic mass is 9.95. The predicted molar refractivity (Wildman–Crippen MR) is 128 cm³/mol. The zero-order valence-corrected chi connectivity index (χ0v) is 19.5. The van der Waals surface area contributed by atoms with Gasteiger partial charge in [0.25, 0.3) is 0 Å². The number of hydrogen-bond donors (Lipinski definition) is 0. The number of methoxy groups -OCH3 is 1. The maximum absolute atomic E-state index is 5.41. The molecular formula is C26H34N6O. The van der Waals surface area contributed by atoms with E-state index >= 15 is 0 Å². The molecule has 7 heteroatoms. The lowest BCUT2D eigenvalue weighted by Crippen LogP contribution is -2.48. The van der Waals surface area contributed by atoms with Crippen LogP contribution in [0.4, 0.5) is 0 Å². The Bertz CT molecular complexity index is 991. The van der Waals surface area contributed by atoms with E-state index in [0.29, 0.717) is 6.04 Å². The highest BCUT2D eigenvalue weighted by Crippen LogP contribution is 2.34. The van der Waals surface area contributed by atoms with E-state index in [-0.39, 0.29) is 6.04 Å². The van der Waals surface area contributed by atoms with Crippen LogP contribution >= 0.6 is 0 Å². The molecule has 174 valence electrons. The molecule has 2 aliphatic rings. The molecule has 0 N–H and O–H groups in total. The fourth-order valence-electron chi connectivity index (χ4n) is 5.30. The van der Waals surface area contributed by atoms with Gasteiger partial charge in [-0.05, 0) is 46.5 Å². The molecule has 1 atom stereocenters. The topological polar surface area (TPSA) is 59.3 Å². The van der Waals surface area contributed by atoms with Gasteiger partial charge in [-0.1, -0.05) is 61.7 Å². The van der Waals surface area contributed by atoms with E-state index in [1.165, 1.54) is 30.4 Å². The van der Waals surface area contributed by atoms with Gasteiger partial charge in [-0.25, -0.2) is 4.68 Å². The number of tetrazole rings is 1. The third-order valence-electron chi connectivity index (χ3n) is 7.14. The second-order valence-corrected chi connectivity index (χ2v) is 9.25. The highest BCUT2D eigenvalue weighted by atomic mass is 16.5. The van der Waals surface area contributed by atoms with E-state index in [2.05, 4.69) is 72.5 Å². The summed E-state index contributed by atoms with van der Waals surface area (Å²) in [6.45, 7) is 5.04. The number of hydrogen-bond acceptors (Lipinski definition) is 6. The molecule has 2 heterocycles. The number of aromatic nitrogens is 4. The minimum absolute atomic E-state index is 0.0479. The third kappa shape index (κ3) is 5.09. The number of nitrogens with zero attached hydrogens (tertiary/aromatic N) is 6. The first-order valence-corrected chi connectivity index (χ1v) is 12.2. The Morgan fingerprint density at radius 3 is 2.33 bits per heavy atom. The van der Waals surface area contributed by atoms with Crippen LogP contribution < -0.4 is 4.74 Å². The molecular weight excluding hydrogens is 412 g/mol. The van der Waals surface area contributed by atoms with Gasteiger partial charge in [-0.2, -0.15) is 0 Å². The Morgan fingerprint density at radius 2 is 1.64 bits per heavy atom. The molecule has 2 aromatic carbocycles. The summed E-state index contributed by atoms with van der Waals surface area (Å²) in [4.78, 5) is 5.09. The lowest BCUT2D eigenvalue weighted by molar-refractivity contribution is 0.0986. The number of ether oxygens (including phenoxy) is 1. The van der Waals surface area contributed by atoms with Crippen molar-refractivity contribution in [1.82, 2.24) is 30.0 Å². The lowest BCUT2D eigenvalue weighted by Gasteiger charge is -2.39. The molecule has 3 aromatic rings. The number of piperazine rings is 1. The Hall–Kier alpha value is -2.77. The fourth-order valence-corrected chi connectivity index (χ4v) is 5.30. The zero-order chi connectivity index (χ0) is 22.5. The largest absolute Gasteiger partial charge is 0.497 e. The van der Waals surface area contributed by atoms with Gasteiger partial charge in [0.05, 0.1) is 19.2 Å². The SMILES string of the molecule is COc1ccc(C(c2nnnn2C2CCCCC2)N2CCN(Cc3ccccc3)CC2)cc1. The van der Waals surface area contributed by atoms with Crippen molar-refractivity contribution >= 4 is 0 Å². The molecule has 1 aliphatic carbocycles. The monoisotopic (exact) mass is 446 g/mol. The van der Waals surface area contributed by atoms with Gasteiger partial charge in [-0.3, -0.25) is 9.80 Å². The molecule has 5 rings (SSSR count). The molecule has 1 saturated carbocycles. The number of benzene rings is 2. The Labute approximate surface area is 196 Å². The second-order valence-electron chi connectivity index (χ2n) is 9.25. The minimum atomic E-state index is 0.0479. The van der Waals surface area contributed by atoms with Crippen molar-refractivity contribution in [2.45, 2.75) is 50.7 Å². The summed E-state index contributed by atoms with van der Waals surface area (Å²) in [6.07, 6.45) is 6.17. The summed E-state index contributed by atoms with van der Waals surface area (Å²) in [5.74, 6) is 1.85. The van der Waals surface area contributed by atoms with Gasteiger partial charge in [-0.15, -0.1) is 5.10 Å². The highest BCUT2D eigenvalue weighted by molar-refractivity contribution is 5.32. The van der Waals surface area contributed by atoms with Gasteiger partial charge < -0.3 is 4.74 Å². The van der Waals surface area contributed by atoms with Gasteiger partial charge in [0, 0.05) is 32.7 Å². The maximum atomic E-state index is 5.41. The van der Waals surface area contributed by atoms with Crippen LogP contribution in [0.15, 0.2) is 54.6 Å². The first-order valence-electron chi connectivity index (χ1n) is 12.2. The Kier molecular flexibility index (Phi) is 6.98. The molecule has 0 spiro atoms. The van der Waals surface area contributed by atoms with Crippen molar-refractivity contribution in [3.63, 3.8) is 0 Å². The van der Waals surface area contributed by atoms with E-state index in [0.717, 1.165) is 57.1 Å².